The minimum Gasteiger partial charge on any atom is -0.197 e. The maximum atomic E-state index is 11.5. The van der Waals surface area contributed by atoms with Crippen molar-refractivity contribution in [3.63, 3.8) is 0 Å². The van der Waals surface area contributed by atoms with Gasteiger partial charge in [-0.1, -0.05) is 13.8 Å². The van der Waals surface area contributed by atoms with Gasteiger partial charge in [0.2, 0.25) is 0 Å². The number of rotatable bonds is 4. The van der Waals surface area contributed by atoms with Crippen molar-refractivity contribution in [1.29, 1.82) is 5.26 Å². The largest absolute Gasteiger partial charge is 0.278 e. The molecule has 0 rings (SSSR count). The molecule has 0 saturated carbocycles. The van der Waals surface area contributed by atoms with E-state index in [1.54, 1.807) is 34.6 Å². The van der Waals surface area contributed by atoms with Gasteiger partial charge in [-0.05, 0) is 26.7 Å². The molecule has 0 heterocycles. The molecule has 88 valence electrons. The van der Waals surface area contributed by atoms with Crippen LogP contribution in [0.3, 0.4) is 0 Å². The van der Waals surface area contributed by atoms with Gasteiger partial charge < -0.3 is 0 Å². The average molecular weight is 233 g/mol. The zero-order chi connectivity index (χ0) is 12.3. The first kappa shape index (κ1) is 14.4. The Morgan fingerprint density at radius 3 is 2.00 bits per heavy atom. The fraction of sp³-hybridized carbons (Fsp3) is 0.889. The van der Waals surface area contributed by atoms with Crippen LogP contribution in [0, 0.1) is 17.2 Å². The number of nitrogens with one attached hydrogen (secondary N) is 2. The normalized spacial score (nSPS) is 15.0. The van der Waals surface area contributed by atoms with Crippen LogP contribution in [0.5, 0.6) is 0 Å². The Morgan fingerprint density at radius 1 is 1.27 bits per heavy atom. The van der Waals surface area contributed by atoms with Gasteiger partial charge in [-0.2, -0.15) is 23.1 Å². The lowest BCUT2D eigenvalue weighted by atomic mass is 10.1. The second-order valence-electron chi connectivity index (χ2n) is 4.82. The Kier molecular flexibility index (Phi) is 4.71. The molecule has 0 fully saturated rings. The van der Waals surface area contributed by atoms with E-state index >= 15 is 0 Å². The smallest absolute Gasteiger partial charge is 0.197 e. The van der Waals surface area contributed by atoms with Crippen molar-refractivity contribution in [2.24, 2.45) is 5.92 Å². The lowest BCUT2D eigenvalue weighted by molar-refractivity contribution is 0.465. The zero-order valence-electron chi connectivity index (χ0n) is 9.83. The SMILES string of the molecule is CC(C)C(C#N)NS(=O)(=O)NC(C)(C)C. The highest BCUT2D eigenvalue weighted by Crippen LogP contribution is 2.04. The van der Waals surface area contributed by atoms with Gasteiger partial charge in [-0.3, -0.25) is 0 Å². The quantitative estimate of drug-likeness (QED) is 0.752. The molecule has 15 heavy (non-hydrogen) atoms. The summed E-state index contributed by atoms with van der Waals surface area (Å²) in [5, 5.41) is 8.75. The fourth-order valence-corrected chi connectivity index (χ4v) is 2.44. The van der Waals surface area contributed by atoms with E-state index in [-0.39, 0.29) is 5.92 Å². The molecule has 0 aromatic heterocycles. The van der Waals surface area contributed by atoms with Crippen molar-refractivity contribution in [2.75, 3.05) is 0 Å². The number of hydrogen-bond donors (Lipinski definition) is 2. The van der Waals surface area contributed by atoms with E-state index in [9.17, 15) is 8.42 Å². The summed E-state index contributed by atoms with van der Waals surface area (Å²) in [6, 6.07) is 1.21. The molecule has 0 aliphatic carbocycles. The molecule has 0 saturated heterocycles. The van der Waals surface area contributed by atoms with E-state index in [1.165, 1.54) is 0 Å². The minimum atomic E-state index is -3.62. The molecule has 0 bridgehead atoms. The van der Waals surface area contributed by atoms with Crippen molar-refractivity contribution in [3.05, 3.63) is 0 Å². The first-order chi connectivity index (χ1) is 6.57. The summed E-state index contributed by atoms with van der Waals surface area (Å²) in [6.07, 6.45) is 0. The number of hydrogen-bond acceptors (Lipinski definition) is 3. The van der Waals surface area contributed by atoms with E-state index in [0.717, 1.165) is 0 Å². The van der Waals surface area contributed by atoms with E-state index in [1.807, 2.05) is 6.07 Å². The standard InChI is InChI=1S/C9H19N3O2S/c1-7(2)8(6-10)11-15(13,14)12-9(3,4)5/h7-8,11-12H,1-5H3. The summed E-state index contributed by atoms with van der Waals surface area (Å²) in [5.41, 5.74) is -0.553. The Labute approximate surface area is 92.0 Å². The van der Waals surface area contributed by atoms with Crippen molar-refractivity contribution in [1.82, 2.24) is 9.44 Å². The van der Waals surface area contributed by atoms with E-state index in [2.05, 4.69) is 9.44 Å². The lowest BCUT2D eigenvalue weighted by Crippen LogP contribution is -2.50. The lowest BCUT2D eigenvalue weighted by Gasteiger charge is -2.22. The Hall–Kier alpha value is -0.640. The Morgan fingerprint density at radius 2 is 1.73 bits per heavy atom. The Balaban J connectivity index is 4.60. The molecule has 1 unspecified atom stereocenters. The van der Waals surface area contributed by atoms with E-state index in [4.69, 9.17) is 5.26 Å². The summed E-state index contributed by atoms with van der Waals surface area (Å²) < 4.78 is 27.8. The molecular formula is C9H19N3O2S. The molecule has 5 nitrogen and oxygen atoms in total. The highest BCUT2D eigenvalue weighted by Gasteiger charge is 2.24. The van der Waals surface area contributed by atoms with Gasteiger partial charge in [0, 0.05) is 5.54 Å². The molecule has 6 heteroatoms. The first-order valence-corrected chi connectivity index (χ1v) is 6.26. The third kappa shape index (κ3) is 6.44. The number of nitriles is 1. The maximum Gasteiger partial charge on any atom is 0.278 e. The van der Waals surface area contributed by atoms with Gasteiger partial charge in [-0.25, -0.2) is 0 Å². The molecule has 0 aromatic rings. The molecule has 2 N–H and O–H groups in total. The van der Waals surface area contributed by atoms with Crippen LogP contribution >= 0.6 is 0 Å². The van der Waals surface area contributed by atoms with Gasteiger partial charge >= 0.3 is 0 Å². The van der Waals surface area contributed by atoms with E-state index < -0.39 is 21.8 Å². The highest BCUT2D eigenvalue weighted by atomic mass is 32.2. The molecule has 0 aliphatic rings. The van der Waals surface area contributed by atoms with Gasteiger partial charge in [0.05, 0.1) is 6.07 Å². The van der Waals surface area contributed by atoms with Crippen LogP contribution in [0.2, 0.25) is 0 Å². The summed E-state index contributed by atoms with van der Waals surface area (Å²) >= 11 is 0. The molecule has 0 amide bonds. The average Bonchev–Trinajstić information content (AvgIpc) is 1.94. The molecule has 0 aliphatic heterocycles. The van der Waals surface area contributed by atoms with Crippen LogP contribution < -0.4 is 9.44 Å². The van der Waals surface area contributed by atoms with Crippen LogP contribution in [0.4, 0.5) is 0 Å². The van der Waals surface area contributed by atoms with E-state index in [0.29, 0.717) is 0 Å². The second-order valence-corrected chi connectivity index (χ2v) is 6.27. The van der Waals surface area contributed by atoms with Crippen molar-refractivity contribution < 1.29 is 8.42 Å². The van der Waals surface area contributed by atoms with Crippen molar-refractivity contribution in [3.8, 4) is 6.07 Å². The number of nitrogens with zero attached hydrogens (tertiary/aromatic N) is 1. The van der Waals surface area contributed by atoms with Gasteiger partial charge in [-0.15, -0.1) is 0 Å². The topological polar surface area (TPSA) is 82.0 Å². The van der Waals surface area contributed by atoms with Crippen LogP contribution in [-0.2, 0) is 10.2 Å². The van der Waals surface area contributed by atoms with Crippen LogP contribution in [-0.4, -0.2) is 20.0 Å². The summed E-state index contributed by atoms with van der Waals surface area (Å²) in [5.74, 6) is -0.0634. The summed E-state index contributed by atoms with van der Waals surface area (Å²) in [7, 11) is -3.62. The zero-order valence-corrected chi connectivity index (χ0v) is 10.6. The third-order valence-corrected chi connectivity index (χ3v) is 2.97. The monoisotopic (exact) mass is 233 g/mol. The molecule has 0 aromatic carbocycles. The van der Waals surface area contributed by atoms with Crippen molar-refractivity contribution in [2.45, 2.75) is 46.2 Å². The molecule has 1 atom stereocenters. The molecule has 0 spiro atoms. The second kappa shape index (κ2) is 4.92. The summed E-state index contributed by atoms with van der Waals surface area (Å²) in [6.45, 7) is 8.79. The van der Waals surface area contributed by atoms with Gasteiger partial charge in [0.25, 0.3) is 10.2 Å². The predicted molar refractivity (Wildman–Crippen MR) is 59.2 cm³/mol. The minimum absolute atomic E-state index is 0.0634. The molecule has 0 radical (unpaired) electrons. The highest BCUT2D eigenvalue weighted by molar-refractivity contribution is 7.87. The summed E-state index contributed by atoms with van der Waals surface area (Å²) in [4.78, 5) is 0. The Bertz CT molecular complexity index is 335. The van der Waals surface area contributed by atoms with Gasteiger partial charge in [0.15, 0.2) is 0 Å². The third-order valence-electron chi connectivity index (χ3n) is 1.53. The fourth-order valence-electron chi connectivity index (χ4n) is 0.911. The van der Waals surface area contributed by atoms with Crippen LogP contribution in [0.1, 0.15) is 34.6 Å². The predicted octanol–water partition coefficient (Wildman–Crippen LogP) is 0.757. The van der Waals surface area contributed by atoms with Crippen LogP contribution in [0.25, 0.3) is 0 Å². The van der Waals surface area contributed by atoms with Crippen molar-refractivity contribution >= 4 is 10.2 Å². The van der Waals surface area contributed by atoms with Gasteiger partial charge in [0.1, 0.15) is 6.04 Å². The first-order valence-electron chi connectivity index (χ1n) is 4.78. The molecular weight excluding hydrogens is 214 g/mol. The maximum absolute atomic E-state index is 11.5. The van der Waals surface area contributed by atoms with Crippen LogP contribution in [0.15, 0.2) is 0 Å².